The third-order valence-corrected chi connectivity index (χ3v) is 3.52. The van der Waals surface area contributed by atoms with Crippen LogP contribution in [0.3, 0.4) is 0 Å². The average Bonchev–Trinajstić information content (AvgIpc) is 2.72. The van der Waals surface area contributed by atoms with Crippen LogP contribution in [-0.4, -0.2) is 4.57 Å². The Labute approximate surface area is 107 Å². The van der Waals surface area contributed by atoms with Crippen LogP contribution in [0.4, 0.5) is 0 Å². The van der Waals surface area contributed by atoms with E-state index in [1.807, 2.05) is 12.3 Å². The Kier molecular flexibility index (Phi) is 2.34. The maximum atomic E-state index is 3.94. The molecule has 88 valence electrons. The highest BCUT2D eigenvalue weighted by Crippen LogP contribution is 2.33. The molecule has 0 N–H and O–H groups in total. The van der Waals surface area contributed by atoms with Crippen molar-refractivity contribution < 1.29 is 0 Å². The predicted molar refractivity (Wildman–Crippen MR) is 80.7 cm³/mol. The van der Waals surface area contributed by atoms with E-state index in [4.69, 9.17) is 0 Å². The molecular weight excluding hydrogens is 218 g/mol. The first-order chi connectivity index (χ1) is 8.77. The smallest absolute Gasteiger partial charge is 0.0609 e. The summed E-state index contributed by atoms with van der Waals surface area (Å²) in [5.74, 6) is 0. The predicted octanol–water partition coefficient (Wildman–Crippen LogP) is 4.85. The maximum absolute atomic E-state index is 3.94. The minimum absolute atomic E-state index is 1.18. The quantitative estimate of drug-likeness (QED) is 0.596. The third kappa shape index (κ3) is 1.28. The fourth-order valence-electron chi connectivity index (χ4n) is 2.66. The van der Waals surface area contributed by atoms with Crippen LogP contribution in [0.1, 0.15) is 11.1 Å². The van der Waals surface area contributed by atoms with Gasteiger partial charge in [0.25, 0.3) is 0 Å². The van der Waals surface area contributed by atoms with Crippen molar-refractivity contribution in [1.29, 1.82) is 0 Å². The Morgan fingerprint density at radius 1 is 1.00 bits per heavy atom. The lowest BCUT2D eigenvalue weighted by molar-refractivity contribution is 1.28. The first kappa shape index (κ1) is 10.8. The zero-order valence-corrected chi connectivity index (χ0v) is 10.5. The molecule has 0 spiro atoms. The fraction of sp³-hybridized carbons (Fsp3) is 0.0588. The van der Waals surface area contributed by atoms with Crippen molar-refractivity contribution >= 4 is 34.1 Å². The van der Waals surface area contributed by atoms with Crippen LogP contribution in [0, 0.1) is 6.92 Å². The molecule has 0 saturated heterocycles. The van der Waals surface area contributed by atoms with Gasteiger partial charge in [0.05, 0.1) is 11.0 Å². The average molecular weight is 233 g/mol. The number of hydrogen-bond acceptors (Lipinski definition) is 0. The van der Waals surface area contributed by atoms with Crippen molar-refractivity contribution in [3.63, 3.8) is 0 Å². The molecule has 0 atom stereocenters. The number of aryl methyl sites for hydroxylation is 1. The Bertz CT molecular complexity index is 775. The summed E-state index contributed by atoms with van der Waals surface area (Å²) in [7, 11) is 0. The van der Waals surface area contributed by atoms with Crippen LogP contribution in [0.2, 0.25) is 0 Å². The van der Waals surface area contributed by atoms with Gasteiger partial charge in [0.1, 0.15) is 0 Å². The summed E-state index contributed by atoms with van der Waals surface area (Å²) in [6.07, 6.45) is 3.80. The van der Waals surface area contributed by atoms with Crippen molar-refractivity contribution in [2.45, 2.75) is 6.92 Å². The van der Waals surface area contributed by atoms with Crippen LogP contribution in [0.15, 0.2) is 49.6 Å². The number of nitrogens with zero attached hydrogens (tertiary/aromatic N) is 1. The Morgan fingerprint density at radius 3 is 2.50 bits per heavy atom. The van der Waals surface area contributed by atoms with Crippen LogP contribution >= 0.6 is 0 Å². The third-order valence-electron chi connectivity index (χ3n) is 3.52. The highest BCUT2D eigenvalue weighted by molar-refractivity contribution is 6.11. The van der Waals surface area contributed by atoms with E-state index in [1.54, 1.807) is 0 Å². The van der Waals surface area contributed by atoms with Crippen molar-refractivity contribution in [3.8, 4) is 0 Å². The monoisotopic (exact) mass is 233 g/mol. The normalized spacial score (nSPS) is 10.9. The Morgan fingerprint density at radius 2 is 1.78 bits per heavy atom. The van der Waals surface area contributed by atoms with E-state index in [-0.39, 0.29) is 0 Å². The van der Waals surface area contributed by atoms with E-state index in [9.17, 15) is 0 Å². The summed E-state index contributed by atoms with van der Waals surface area (Å²) in [5.41, 5.74) is 4.81. The summed E-state index contributed by atoms with van der Waals surface area (Å²) in [4.78, 5) is 0. The molecule has 0 bridgehead atoms. The molecule has 0 radical (unpaired) electrons. The first-order valence-corrected chi connectivity index (χ1v) is 6.05. The second-order valence-corrected chi connectivity index (χ2v) is 4.47. The lowest BCUT2D eigenvalue weighted by atomic mass is 10.0. The summed E-state index contributed by atoms with van der Waals surface area (Å²) in [6, 6.07) is 12.7. The Balaban J connectivity index is 2.68. The number of hydrogen-bond donors (Lipinski definition) is 0. The molecule has 1 nitrogen and oxygen atoms in total. The molecule has 2 aromatic carbocycles. The number of para-hydroxylation sites is 1. The molecule has 3 rings (SSSR count). The molecule has 0 amide bonds. The summed E-state index contributed by atoms with van der Waals surface area (Å²) in [5, 5.41) is 2.52. The molecule has 1 heteroatoms. The second-order valence-electron chi connectivity index (χ2n) is 4.47. The van der Waals surface area contributed by atoms with Crippen LogP contribution in [-0.2, 0) is 0 Å². The lowest BCUT2D eigenvalue weighted by Gasteiger charge is -2.06. The van der Waals surface area contributed by atoms with E-state index in [0.717, 1.165) is 0 Å². The summed E-state index contributed by atoms with van der Waals surface area (Å²) >= 11 is 0. The van der Waals surface area contributed by atoms with Gasteiger partial charge >= 0.3 is 0 Å². The molecule has 0 unspecified atom stereocenters. The van der Waals surface area contributed by atoms with Crippen molar-refractivity contribution in [2.75, 3.05) is 0 Å². The molecule has 0 aliphatic rings. The number of rotatable bonds is 2. The van der Waals surface area contributed by atoms with Gasteiger partial charge in [0, 0.05) is 22.5 Å². The lowest BCUT2D eigenvalue weighted by Crippen LogP contribution is -1.89. The van der Waals surface area contributed by atoms with Crippen molar-refractivity contribution in [1.82, 2.24) is 4.57 Å². The molecule has 0 aliphatic heterocycles. The van der Waals surface area contributed by atoms with E-state index in [2.05, 4.69) is 61.0 Å². The van der Waals surface area contributed by atoms with E-state index in [1.165, 1.54) is 32.9 Å². The van der Waals surface area contributed by atoms with Crippen LogP contribution < -0.4 is 0 Å². The highest BCUT2D eigenvalue weighted by atomic mass is 15.0. The van der Waals surface area contributed by atoms with Crippen molar-refractivity contribution in [2.24, 2.45) is 0 Å². The van der Waals surface area contributed by atoms with Gasteiger partial charge in [-0.15, -0.1) is 0 Å². The molecule has 1 heterocycles. The molecule has 1 aromatic heterocycles. The molecule has 0 saturated carbocycles. The van der Waals surface area contributed by atoms with Gasteiger partial charge in [-0.3, -0.25) is 0 Å². The Hall–Kier alpha value is -2.28. The zero-order valence-electron chi connectivity index (χ0n) is 10.5. The van der Waals surface area contributed by atoms with Gasteiger partial charge in [-0.2, -0.15) is 0 Å². The van der Waals surface area contributed by atoms with Crippen LogP contribution in [0.5, 0.6) is 0 Å². The van der Waals surface area contributed by atoms with E-state index >= 15 is 0 Å². The van der Waals surface area contributed by atoms with E-state index in [0.29, 0.717) is 0 Å². The summed E-state index contributed by atoms with van der Waals surface area (Å²) < 4.78 is 2.15. The SMILES string of the molecule is C=Cc1c(C)ccc2c3ccccc3n(C=C)c12. The summed E-state index contributed by atoms with van der Waals surface area (Å²) in [6.45, 7) is 9.99. The second kappa shape index (κ2) is 3.88. The topological polar surface area (TPSA) is 4.93 Å². The molecular formula is C17H15N. The van der Waals surface area contributed by atoms with Gasteiger partial charge < -0.3 is 4.57 Å². The molecule has 18 heavy (non-hydrogen) atoms. The van der Waals surface area contributed by atoms with Crippen molar-refractivity contribution in [3.05, 3.63) is 60.7 Å². The van der Waals surface area contributed by atoms with Gasteiger partial charge in [-0.05, 0) is 18.6 Å². The first-order valence-electron chi connectivity index (χ1n) is 6.05. The van der Waals surface area contributed by atoms with Gasteiger partial charge in [0.15, 0.2) is 0 Å². The van der Waals surface area contributed by atoms with Crippen LogP contribution in [0.25, 0.3) is 34.1 Å². The standard InChI is InChI=1S/C17H15N/c1-4-13-12(3)10-11-15-14-8-6-7-9-16(14)18(5-2)17(13)15/h4-11H,1-2H2,3H3. The number of aromatic nitrogens is 1. The maximum Gasteiger partial charge on any atom is 0.0609 e. The number of benzene rings is 2. The molecule has 0 fully saturated rings. The minimum atomic E-state index is 1.18. The van der Waals surface area contributed by atoms with Gasteiger partial charge in [-0.25, -0.2) is 0 Å². The highest BCUT2D eigenvalue weighted by Gasteiger charge is 2.11. The molecule has 0 aliphatic carbocycles. The largest absolute Gasteiger partial charge is 0.316 e. The van der Waals surface area contributed by atoms with Gasteiger partial charge in [0.2, 0.25) is 0 Å². The minimum Gasteiger partial charge on any atom is -0.316 e. The molecule has 3 aromatic rings. The van der Waals surface area contributed by atoms with E-state index < -0.39 is 0 Å². The number of fused-ring (bicyclic) bond motifs is 3. The van der Waals surface area contributed by atoms with Gasteiger partial charge in [-0.1, -0.05) is 49.6 Å². The fourth-order valence-corrected chi connectivity index (χ4v) is 2.66. The zero-order chi connectivity index (χ0) is 12.7.